The van der Waals surface area contributed by atoms with Crippen LogP contribution in [0.15, 0.2) is 12.2 Å². The minimum atomic E-state index is -1.66. The van der Waals surface area contributed by atoms with Crippen LogP contribution in [-0.2, 0) is 9.22 Å². The smallest absolute Gasteiger partial charge is 0.192 e. The van der Waals surface area contributed by atoms with Gasteiger partial charge in [-0.05, 0) is 60.1 Å². The highest BCUT2D eigenvalue weighted by molar-refractivity contribution is 6.73. The molecule has 0 amide bonds. The van der Waals surface area contributed by atoms with Crippen molar-refractivity contribution < 1.29 is 9.22 Å². The number of carbonyl (C=O) groups excluding carboxylic acids is 1. The van der Waals surface area contributed by atoms with Crippen LogP contribution in [0.3, 0.4) is 0 Å². The molecule has 0 aromatic carbocycles. The van der Waals surface area contributed by atoms with E-state index in [1.54, 1.807) is 0 Å². The van der Waals surface area contributed by atoms with Crippen LogP contribution in [0.4, 0.5) is 0 Å². The van der Waals surface area contributed by atoms with E-state index in [4.69, 9.17) is 4.43 Å². The predicted molar refractivity (Wildman–Crippen MR) is 109 cm³/mol. The van der Waals surface area contributed by atoms with E-state index in [-0.39, 0.29) is 10.8 Å². The third kappa shape index (κ3) is 3.69. The number of rotatable bonds is 7. The first-order chi connectivity index (χ1) is 11.7. The van der Waals surface area contributed by atoms with Crippen molar-refractivity contribution in [1.29, 1.82) is 0 Å². The summed E-state index contributed by atoms with van der Waals surface area (Å²) in [5, 5.41) is 0. The molecule has 0 bridgehead atoms. The van der Waals surface area contributed by atoms with E-state index < -0.39 is 8.32 Å². The van der Waals surface area contributed by atoms with Crippen LogP contribution in [-0.4, -0.2) is 20.7 Å². The second-order valence-corrected chi connectivity index (χ2v) is 14.3. The molecule has 0 unspecified atom stereocenters. The molecule has 2 saturated carbocycles. The summed E-state index contributed by atoms with van der Waals surface area (Å²) in [6, 6.07) is 3.60. The van der Waals surface area contributed by atoms with Gasteiger partial charge in [-0.2, -0.15) is 0 Å². The predicted octanol–water partition coefficient (Wildman–Crippen LogP) is 6.37. The summed E-state index contributed by atoms with van der Waals surface area (Å²) in [6.07, 6.45) is 6.73. The molecule has 0 N–H and O–H groups in total. The number of hydrogen-bond donors (Lipinski definition) is 0. The number of fused-ring (bicyclic) bond motifs is 1. The zero-order valence-electron chi connectivity index (χ0n) is 17.5. The average Bonchev–Trinajstić information content (AvgIpc) is 2.55. The van der Waals surface area contributed by atoms with Crippen molar-refractivity contribution in [3.05, 3.63) is 12.2 Å². The van der Waals surface area contributed by atoms with E-state index in [2.05, 4.69) is 48.1 Å². The van der Waals surface area contributed by atoms with Gasteiger partial charge in [0.15, 0.2) is 8.32 Å². The zero-order chi connectivity index (χ0) is 18.9. The first-order valence-electron chi connectivity index (χ1n) is 10.5. The van der Waals surface area contributed by atoms with Gasteiger partial charge in [0, 0.05) is 6.42 Å². The van der Waals surface area contributed by atoms with Crippen LogP contribution in [0.25, 0.3) is 0 Å². The lowest BCUT2D eigenvalue weighted by molar-refractivity contribution is -0.125. The van der Waals surface area contributed by atoms with Gasteiger partial charge in [-0.3, -0.25) is 0 Å². The molecule has 0 aliphatic heterocycles. The van der Waals surface area contributed by atoms with E-state index in [1.165, 1.54) is 43.0 Å². The highest BCUT2D eigenvalue weighted by Gasteiger charge is 2.57. The van der Waals surface area contributed by atoms with Crippen LogP contribution >= 0.6 is 0 Å². The molecular weight excluding hydrogens is 324 g/mol. The van der Waals surface area contributed by atoms with Gasteiger partial charge in [0.05, 0.1) is 6.10 Å². The Hall–Kier alpha value is -0.413. The Labute approximate surface area is 156 Å². The molecular formula is C22H40O2Si. The van der Waals surface area contributed by atoms with Crippen molar-refractivity contribution in [2.75, 3.05) is 0 Å². The van der Waals surface area contributed by atoms with Crippen LogP contribution in [0.1, 0.15) is 73.6 Å². The lowest BCUT2D eigenvalue weighted by Gasteiger charge is -2.61. The van der Waals surface area contributed by atoms with Crippen LogP contribution in [0.2, 0.25) is 18.1 Å². The van der Waals surface area contributed by atoms with Crippen LogP contribution in [0.5, 0.6) is 0 Å². The van der Waals surface area contributed by atoms with Crippen molar-refractivity contribution in [2.24, 2.45) is 22.7 Å². The highest BCUT2D eigenvalue weighted by Crippen LogP contribution is 2.62. The molecule has 0 spiro atoms. The first kappa shape index (κ1) is 20.9. The number of carbonyl (C=O) groups is 1. The van der Waals surface area contributed by atoms with E-state index in [1.807, 2.05) is 0 Å². The van der Waals surface area contributed by atoms with E-state index in [0.717, 1.165) is 12.7 Å². The van der Waals surface area contributed by atoms with E-state index in [0.29, 0.717) is 24.4 Å². The van der Waals surface area contributed by atoms with Gasteiger partial charge < -0.3 is 9.22 Å². The number of aldehydes is 1. The lowest BCUT2D eigenvalue weighted by atomic mass is 9.46. The molecule has 2 aliphatic carbocycles. The molecule has 2 fully saturated rings. The van der Waals surface area contributed by atoms with Crippen molar-refractivity contribution >= 4 is 14.6 Å². The maximum Gasteiger partial charge on any atom is 0.192 e. The zero-order valence-corrected chi connectivity index (χ0v) is 18.5. The minimum Gasteiger partial charge on any atom is -0.413 e. The van der Waals surface area contributed by atoms with Gasteiger partial charge in [-0.1, -0.05) is 60.1 Å². The van der Waals surface area contributed by atoms with E-state index >= 15 is 0 Å². The Balaban J connectivity index is 2.44. The number of hydrogen-bond acceptors (Lipinski definition) is 2. The Morgan fingerprint density at radius 1 is 1.16 bits per heavy atom. The summed E-state index contributed by atoms with van der Waals surface area (Å²) >= 11 is 0. The van der Waals surface area contributed by atoms with Gasteiger partial charge in [0.2, 0.25) is 0 Å². The summed E-state index contributed by atoms with van der Waals surface area (Å²) in [4.78, 5) is 11.4. The minimum absolute atomic E-state index is 0.151. The molecule has 2 rings (SSSR count). The van der Waals surface area contributed by atoms with Gasteiger partial charge in [-0.15, -0.1) is 0 Å². The van der Waals surface area contributed by atoms with Crippen molar-refractivity contribution in [2.45, 2.75) is 97.9 Å². The third-order valence-corrected chi connectivity index (χ3v) is 12.5. The molecule has 2 nitrogen and oxygen atoms in total. The Morgan fingerprint density at radius 2 is 1.76 bits per heavy atom. The molecule has 0 radical (unpaired) electrons. The van der Waals surface area contributed by atoms with Gasteiger partial charge in [0.1, 0.15) is 6.29 Å². The molecule has 0 saturated heterocycles. The fraction of sp³-hybridized carbons (Fsp3) is 0.864. The second kappa shape index (κ2) is 7.68. The standard InChI is InChI=1S/C22H40O2Si/c1-8-25(9-2,10-3)24-19-16-17(4)18(12-15-23)22(7)14-11-13-21(5,6)20(19)22/h15,18-20H,4,8-14,16H2,1-3,5-7H3/t18-,19-,20-,22+/m0/s1. The molecule has 144 valence electrons. The summed E-state index contributed by atoms with van der Waals surface area (Å²) < 4.78 is 7.08. The van der Waals surface area contributed by atoms with Crippen molar-refractivity contribution in [3.8, 4) is 0 Å². The normalized spacial score (nSPS) is 35.3. The fourth-order valence-electron chi connectivity index (χ4n) is 6.40. The van der Waals surface area contributed by atoms with Gasteiger partial charge in [0.25, 0.3) is 0 Å². The second-order valence-electron chi connectivity index (χ2n) is 9.54. The maximum atomic E-state index is 11.4. The molecule has 0 aromatic rings. The van der Waals surface area contributed by atoms with Gasteiger partial charge in [-0.25, -0.2) is 0 Å². The molecule has 2 aliphatic rings. The quantitative estimate of drug-likeness (QED) is 0.298. The molecule has 0 aromatic heterocycles. The van der Waals surface area contributed by atoms with Gasteiger partial charge >= 0.3 is 0 Å². The topological polar surface area (TPSA) is 26.3 Å². The Bertz CT molecular complexity index is 486. The summed E-state index contributed by atoms with van der Waals surface area (Å²) in [6.45, 7) is 18.7. The van der Waals surface area contributed by atoms with Crippen molar-refractivity contribution in [3.63, 3.8) is 0 Å². The average molecular weight is 365 g/mol. The van der Waals surface area contributed by atoms with Crippen LogP contribution in [0, 0.1) is 22.7 Å². The molecule has 4 atom stereocenters. The molecule has 25 heavy (non-hydrogen) atoms. The fourth-order valence-corrected chi connectivity index (χ4v) is 9.26. The SMILES string of the molecule is C=C1C[C@H](O[Si](CC)(CC)CC)[C@H]2C(C)(C)CCC[C@]2(C)[C@H]1CC=O. The maximum absolute atomic E-state index is 11.4. The summed E-state index contributed by atoms with van der Waals surface area (Å²) in [5.74, 6) is 0.857. The monoisotopic (exact) mass is 364 g/mol. The van der Waals surface area contributed by atoms with Crippen molar-refractivity contribution in [1.82, 2.24) is 0 Å². The third-order valence-electron chi connectivity index (χ3n) is 7.88. The Kier molecular flexibility index (Phi) is 6.42. The van der Waals surface area contributed by atoms with Crippen LogP contribution < -0.4 is 0 Å². The lowest BCUT2D eigenvalue weighted by Crippen LogP contribution is -2.58. The Morgan fingerprint density at radius 3 is 2.28 bits per heavy atom. The highest BCUT2D eigenvalue weighted by atomic mass is 28.4. The molecule has 0 heterocycles. The summed E-state index contributed by atoms with van der Waals surface area (Å²) in [7, 11) is -1.66. The van der Waals surface area contributed by atoms with E-state index in [9.17, 15) is 4.79 Å². The first-order valence-corrected chi connectivity index (χ1v) is 13.0. The summed E-state index contributed by atoms with van der Waals surface area (Å²) in [5.41, 5.74) is 1.69. The largest absolute Gasteiger partial charge is 0.413 e. The molecule has 3 heteroatoms.